The highest BCUT2D eigenvalue weighted by atomic mass is 16.4. The highest BCUT2D eigenvalue weighted by Gasteiger charge is 1.99. The molecule has 0 saturated carbocycles. The van der Waals surface area contributed by atoms with Gasteiger partial charge in [0.25, 0.3) is 0 Å². The van der Waals surface area contributed by atoms with Crippen LogP contribution in [0.2, 0.25) is 0 Å². The Bertz CT molecular complexity index is 195. The van der Waals surface area contributed by atoms with E-state index in [2.05, 4.69) is 10.2 Å². The van der Waals surface area contributed by atoms with Crippen molar-refractivity contribution in [3.63, 3.8) is 0 Å². The average Bonchev–Trinajstić information content (AvgIpc) is 2.42. The third kappa shape index (κ3) is 2.08. The number of nitrogens with one attached hydrogen (secondary N) is 1. The molecule has 10 heavy (non-hydrogen) atoms. The number of rotatable bonds is 1. The first-order chi connectivity index (χ1) is 4.80. The lowest BCUT2D eigenvalue weighted by molar-refractivity contribution is -0.0980. The first-order valence-corrected chi connectivity index (χ1v) is 2.32. The normalized spacial score (nSPS) is 7.60. The van der Waals surface area contributed by atoms with Crippen molar-refractivity contribution >= 4 is 12.8 Å². The predicted molar refractivity (Wildman–Crippen MR) is 32.7 cm³/mol. The maximum Gasteiger partial charge on any atom is 0.353 e. The van der Waals surface area contributed by atoms with Crippen LogP contribution in [0.4, 0.5) is 0 Å². The Morgan fingerprint density at radius 1 is 1.70 bits per heavy atom. The van der Waals surface area contributed by atoms with E-state index in [0.29, 0.717) is 0 Å². The molecule has 0 fully saturated rings. The molecule has 1 heterocycles. The number of aromatic amines is 1. The molecule has 5 nitrogen and oxygen atoms in total. The Morgan fingerprint density at radius 3 is 2.50 bits per heavy atom. The van der Waals surface area contributed by atoms with Crippen molar-refractivity contribution in [2.24, 2.45) is 0 Å². The van der Waals surface area contributed by atoms with E-state index in [9.17, 15) is 4.79 Å². The van der Waals surface area contributed by atoms with Gasteiger partial charge in [-0.3, -0.25) is 5.10 Å². The number of carboxylic acids is 1. The summed E-state index contributed by atoms with van der Waals surface area (Å²) in [6.45, 7) is 2.00. The van der Waals surface area contributed by atoms with Gasteiger partial charge in [0.05, 0.1) is 0 Å². The molecular formula is C5H6N2O3. The first-order valence-electron chi connectivity index (χ1n) is 2.32. The lowest BCUT2D eigenvalue weighted by Crippen LogP contribution is -1.95. The monoisotopic (exact) mass is 142 g/mol. The molecule has 54 valence electrons. The van der Waals surface area contributed by atoms with Crippen molar-refractivity contribution in [2.45, 2.75) is 0 Å². The molecule has 0 amide bonds. The van der Waals surface area contributed by atoms with Crippen LogP contribution in [0.25, 0.3) is 0 Å². The third-order valence-corrected chi connectivity index (χ3v) is 0.731. The summed E-state index contributed by atoms with van der Waals surface area (Å²) in [7, 11) is 0. The number of carbonyl (C=O) groups excluding carboxylic acids is 1. The highest BCUT2D eigenvalue weighted by molar-refractivity contribution is 5.84. The van der Waals surface area contributed by atoms with Crippen LogP contribution in [-0.2, 0) is 4.79 Å². The number of hydrogen-bond donors (Lipinski definition) is 2. The van der Waals surface area contributed by atoms with Crippen molar-refractivity contribution in [1.29, 1.82) is 0 Å². The van der Waals surface area contributed by atoms with Gasteiger partial charge in [0, 0.05) is 6.20 Å². The molecule has 0 aliphatic carbocycles. The smallest absolute Gasteiger partial charge is 0.353 e. The summed E-state index contributed by atoms with van der Waals surface area (Å²) < 4.78 is 0. The standard InChI is InChI=1S/C4H4N2O2.CH2O/c7-4(8)3-1-2-5-6-3;1-2/h1-2H,(H,5,6)(H,7,8);1H2. The largest absolute Gasteiger partial charge is 0.477 e. The molecule has 0 bridgehead atoms. The molecule has 0 saturated heterocycles. The van der Waals surface area contributed by atoms with Gasteiger partial charge >= 0.3 is 5.97 Å². The zero-order chi connectivity index (χ0) is 7.98. The highest BCUT2D eigenvalue weighted by Crippen LogP contribution is 1.87. The van der Waals surface area contributed by atoms with E-state index in [1.54, 1.807) is 0 Å². The summed E-state index contributed by atoms with van der Waals surface area (Å²) >= 11 is 0. The maximum atomic E-state index is 9.99. The van der Waals surface area contributed by atoms with Gasteiger partial charge in [0.2, 0.25) is 0 Å². The van der Waals surface area contributed by atoms with Crippen LogP contribution < -0.4 is 0 Å². The number of aromatic nitrogens is 2. The van der Waals surface area contributed by atoms with Gasteiger partial charge in [-0.15, -0.1) is 0 Å². The molecule has 1 rings (SSSR count). The third-order valence-electron chi connectivity index (χ3n) is 0.731. The van der Waals surface area contributed by atoms with Gasteiger partial charge in [-0.25, -0.2) is 4.79 Å². The maximum absolute atomic E-state index is 9.99. The lowest BCUT2D eigenvalue weighted by Gasteiger charge is -1.79. The van der Waals surface area contributed by atoms with Crippen LogP contribution >= 0.6 is 0 Å². The van der Waals surface area contributed by atoms with E-state index < -0.39 is 5.97 Å². The van der Waals surface area contributed by atoms with Crippen molar-refractivity contribution in [3.8, 4) is 0 Å². The van der Waals surface area contributed by atoms with E-state index >= 15 is 0 Å². The Hall–Kier alpha value is -1.65. The minimum Gasteiger partial charge on any atom is -0.477 e. The second-order valence-electron chi connectivity index (χ2n) is 1.28. The van der Waals surface area contributed by atoms with E-state index in [0.717, 1.165) is 0 Å². The predicted octanol–water partition coefficient (Wildman–Crippen LogP) is -0.0770. The summed E-state index contributed by atoms with van der Waals surface area (Å²) in [4.78, 5) is 18.0. The summed E-state index contributed by atoms with van der Waals surface area (Å²) in [5.74, 6) is -0.984. The van der Waals surface area contributed by atoms with Gasteiger partial charge in [-0.05, 0) is 6.07 Å². The average molecular weight is 142 g/mol. The molecule has 5 heteroatoms. The van der Waals surface area contributed by atoms with Crippen molar-refractivity contribution in [1.82, 2.24) is 10.2 Å². The lowest BCUT2D eigenvalue weighted by atomic mass is 10.5. The minimum absolute atomic E-state index is 0.116. The van der Waals surface area contributed by atoms with E-state index in [1.165, 1.54) is 12.3 Å². The molecule has 1 aromatic heterocycles. The Kier molecular flexibility index (Phi) is 3.55. The molecule has 2 N–H and O–H groups in total. The number of nitrogens with zero attached hydrogens (tertiary/aromatic N) is 1. The fraction of sp³-hybridized carbons (Fsp3) is 0. The van der Waals surface area contributed by atoms with E-state index in [1.807, 2.05) is 6.79 Å². The molecule has 1 aromatic rings. The second-order valence-corrected chi connectivity index (χ2v) is 1.28. The number of carboxylic acid groups (broad SMARTS) is 1. The Morgan fingerprint density at radius 2 is 2.30 bits per heavy atom. The first kappa shape index (κ1) is 8.35. The SMILES string of the molecule is C=O.O=C(O)c1ccn[nH]1. The number of aromatic carboxylic acids is 1. The summed E-state index contributed by atoms with van der Waals surface area (Å²) in [6.07, 6.45) is 1.39. The molecule has 0 atom stereocenters. The van der Waals surface area contributed by atoms with Crippen LogP contribution in [0.3, 0.4) is 0 Å². The minimum atomic E-state index is -0.984. The zero-order valence-electron chi connectivity index (χ0n) is 5.07. The molecule has 0 aliphatic heterocycles. The van der Waals surface area contributed by atoms with E-state index in [4.69, 9.17) is 9.90 Å². The number of hydrogen-bond acceptors (Lipinski definition) is 3. The van der Waals surface area contributed by atoms with Crippen LogP contribution in [0, 0.1) is 0 Å². The number of H-pyrrole nitrogens is 1. The van der Waals surface area contributed by atoms with Gasteiger partial charge in [-0.2, -0.15) is 5.10 Å². The summed E-state index contributed by atoms with van der Waals surface area (Å²) in [5, 5.41) is 13.9. The van der Waals surface area contributed by atoms with E-state index in [-0.39, 0.29) is 5.69 Å². The molecule has 0 aliphatic rings. The topological polar surface area (TPSA) is 83.1 Å². The molecule has 0 aromatic carbocycles. The summed E-state index contributed by atoms with van der Waals surface area (Å²) in [5.41, 5.74) is 0.116. The zero-order valence-corrected chi connectivity index (χ0v) is 5.07. The van der Waals surface area contributed by atoms with Crippen LogP contribution in [0.1, 0.15) is 10.5 Å². The Balaban J connectivity index is 0.000000371. The van der Waals surface area contributed by atoms with Gasteiger partial charge in [0.1, 0.15) is 12.5 Å². The second kappa shape index (κ2) is 4.25. The van der Waals surface area contributed by atoms with Gasteiger partial charge < -0.3 is 9.90 Å². The van der Waals surface area contributed by atoms with Crippen LogP contribution in [0.5, 0.6) is 0 Å². The quantitative estimate of drug-likeness (QED) is 0.574. The molecule has 0 spiro atoms. The fourth-order valence-electron chi connectivity index (χ4n) is 0.375. The Labute approximate surface area is 56.7 Å². The van der Waals surface area contributed by atoms with Crippen LogP contribution in [0.15, 0.2) is 12.3 Å². The molecular weight excluding hydrogens is 136 g/mol. The number of carbonyl (C=O) groups is 2. The molecule has 0 unspecified atom stereocenters. The van der Waals surface area contributed by atoms with Crippen LogP contribution in [-0.4, -0.2) is 28.1 Å². The summed E-state index contributed by atoms with van der Waals surface area (Å²) in [6, 6.07) is 1.39. The van der Waals surface area contributed by atoms with Crippen molar-refractivity contribution in [3.05, 3.63) is 18.0 Å². The van der Waals surface area contributed by atoms with Gasteiger partial charge in [0.15, 0.2) is 0 Å². The fourth-order valence-corrected chi connectivity index (χ4v) is 0.375. The van der Waals surface area contributed by atoms with Crippen molar-refractivity contribution < 1.29 is 14.7 Å². The molecule has 0 radical (unpaired) electrons. The van der Waals surface area contributed by atoms with Gasteiger partial charge in [-0.1, -0.05) is 0 Å². The van der Waals surface area contributed by atoms with Crippen molar-refractivity contribution in [2.75, 3.05) is 0 Å².